The summed E-state index contributed by atoms with van der Waals surface area (Å²) in [6.07, 6.45) is 2.36. The fraction of sp³-hybridized carbons (Fsp3) is 0.357. The largest absolute Gasteiger partial charge is 0.357 e. The van der Waals surface area contributed by atoms with Crippen LogP contribution in [0.3, 0.4) is 0 Å². The number of carbonyl (C=O) groups is 1. The molecule has 0 bridgehead atoms. The fourth-order valence-electron chi connectivity index (χ4n) is 1.77. The Morgan fingerprint density at radius 1 is 1.38 bits per heavy atom. The topological polar surface area (TPSA) is 54.9 Å². The molecule has 3 rings (SSSR count). The van der Waals surface area contributed by atoms with Gasteiger partial charge >= 0.3 is 0 Å². The van der Waals surface area contributed by atoms with Crippen molar-refractivity contribution in [2.24, 2.45) is 0 Å². The quantitative estimate of drug-likeness (QED) is 0.650. The molecule has 0 amide bonds. The van der Waals surface area contributed by atoms with Crippen molar-refractivity contribution in [3.8, 4) is 0 Å². The molecule has 4 nitrogen and oxygen atoms in total. The Morgan fingerprint density at radius 2 is 2.10 bits per heavy atom. The molecule has 1 aliphatic carbocycles. The molecule has 1 aromatic carbocycles. The zero-order valence-corrected chi connectivity index (χ0v) is 13.0. The molecule has 0 spiro atoms. The Kier molecular flexibility index (Phi) is 4.21. The molecule has 1 aliphatic rings. The van der Waals surface area contributed by atoms with E-state index in [1.165, 1.54) is 60.2 Å². The SMILES string of the molecule is C[C@@H](Sc1nnc(NC2CC2)s1)C(=O)c1ccc(F)cc1. The zero-order valence-electron chi connectivity index (χ0n) is 11.4. The third-order valence-electron chi connectivity index (χ3n) is 3.09. The predicted molar refractivity (Wildman–Crippen MR) is 82.6 cm³/mol. The van der Waals surface area contributed by atoms with Crippen LogP contribution in [0.5, 0.6) is 0 Å². The maximum absolute atomic E-state index is 12.9. The molecule has 1 saturated carbocycles. The molecule has 0 unspecified atom stereocenters. The molecule has 0 saturated heterocycles. The van der Waals surface area contributed by atoms with Crippen LogP contribution in [0.15, 0.2) is 28.6 Å². The van der Waals surface area contributed by atoms with Crippen LogP contribution < -0.4 is 5.32 Å². The van der Waals surface area contributed by atoms with Crippen LogP contribution in [-0.4, -0.2) is 27.3 Å². The van der Waals surface area contributed by atoms with Gasteiger partial charge in [-0.25, -0.2) is 4.39 Å². The maximum Gasteiger partial charge on any atom is 0.206 e. The summed E-state index contributed by atoms with van der Waals surface area (Å²) in [5.41, 5.74) is 0.511. The highest BCUT2D eigenvalue weighted by molar-refractivity contribution is 8.02. The molecule has 1 N–H and O–H groups in total. The summed E-state index contributed by atoms with van der Waals surface area (Å²) in [7, 11) is 0. The average molecular weight is 323 g/mol. The van der Waals surface area contributed by atoms with E-state index in [1.54, 1.807) is 0 Å². The number of nitrogens with zero attached hydrogens (tertiary/aromatic N) is 2. The van der Waals surface area contributed by atoms with Crippen LogP contribution in [0.25, 0.3) is 0 Å². The molecule has 110 valence electrons. The molecule has 1 atom stereocenters. The highest BCUT2D eigenvalue weighted by atomic mass is 32.2. The number of hydrogen-bond donors (Lipinski definition) is 1. The molecule has 2 aromatic rings. The molecule has 1 heterocycles. The molecule has 21 heavy (non-hydrogen) atoms. The van der Waals surface area contributed by atoms with Gasteiger partial charge in [-0.2, -0.15) is 0 Å². The first-order valence-electron chi connectivity index (χ1n) is 6.68. The number of carbonyl (C=O) groups excluding carboxylic acids is 1. The Hall–Kier alpha value is -1.47. The summed E-state index contributed by atoms with van der Waals surface area (Å²) < 4.78 is 13.6. The van der Waals surface area contributed by atoms with Gasteiger partial charge in [0.05, 0.1) is 5.25 Å². The molecule has 0 radical (unpaired) electrons. The number of rotatable bonds is 6. The van der Waals surface area contributed by atoms with Crippen LogP contribution in [0.1, 0.15) is 30.1 Å². The van der Waals surface area contributed by atoms with E-state index in [9.17, 15) is 9.18 Å². The standard InChI is InChI=1S/C14H14FN3OS2/c1-8(12(19)9-2-4-10(15)5-3-9)20-14-18-17-13(21-14)16-11-6-7-11/h2-5,8,11H,6-7H2,1H3,(H,16,17)/t8-/m1/s1. The normalized spacial score (nSPS) is 15.7. The smallest absolute Gasteiger partial charge is 0.206 e. The minimum atomic E-state index is -0.341. The number of anilines is 1. The molecular formula is C14H14FN3OS2. The van der Waals surface area contributed by atoms with Crippen LogP contribution in [0.4, 0.5) is 9.52 Å². The number of ketones is 1. The van der Waals surface area contributed by atoms with Crippen molar-refractivity contribution in [3.63, 3.8) is 0 Å². The summed E-state index contributed by atoms with van der Waals surface area (Å²) in [4.78, 5) is 12.3. The maximum atomic E-state index is 12.9. The Bertz CT molecular complexity index is 640. The number of thioether (sulfide) groups is 1. The van der Waals surface area contributed by atoms with E-state index in [0.29, 0.717) is 11.6 Å². The van der Waals surface area contributed by atoms with Gasteiger partial charge in [0.15, 0.2) is 10.1 Å². The van der Waals surface area contributed by atoms with Gasteiger partial charge in [0.25, 0.3) is 0 Å². The van der Waals surface area contributed by atoms with Gasteiger partial charge in [0, 0.05) is 11.6 Å². The Labute approximate surface area is 130 Å². The van der Waals surface area contributed by atoms with Crippen molar-refractivity contribution >= 4 is 34.0 Å². The number of aromatic nitrogens is 2. The highest BCUT2D eigenvalue weighted by Crippen LogP contribution is 2.32. The second-order valence-electron chi connectivity index (χ2n) is 4.92. The second-order valence-corrected chi connectivity index (χ2v) is 7.49. The number of Topliss-reactive ketones (excluding diaryl/α,β-unsaturated/α-hetero) is 1. The first-order valence-corrected chi connectivity index (χ1v) is 8.38. The molecule has 7 heteroatoms. The first kappa shape index (κ1) is 14.5. The second kappa shape index (κ2) is 6.11. The third-order valence-corrected chi connectivity index (χ3v) is 5.13. The first-order chi connectivity index (χ1) is 10.1. The third kappa shape index (κ3) is 3.79. The molecule has 1 aromatic heterocycles. The van der Waals surface area contributed by atoms with Gasteiger partial charge in [0.1, 0.15) is 5.82 Å². The van der Waals surface area contributed by atoms with Gasteiger partial charge in [-0.15, -0.1) is 10.2 Å². The van der Waals surface area contributed by atoms with Crippen molar-refractivity contribution < 1.29 is 9.18 Å². The van der Waals surface area contributed by atoms with Crippen LogP contribution in [-0.2, 0) is 0 Å². The number of hydrogen-bond acceptors (Lipinski definition) is 6. The fourth-order valence-corrected chi connectivity index (χ4v) is 3.82. The average Bonchev–Trinajstić information content (AvgIpc) is 3.18. The lowest BCUT2D eigenvalue weighted by Crippen LogP contribution is -2.13. The summed E-state index contributed by atoms with van der Waals surface area (Å²) in [5, 5.41) is 12.0. The van der Waals surface area contributed by atoms with Gasteiger partial charge in [-0.3, -0.25) is 4.79 Å². The number of nitrogens with one attached hydrogen (secondary N) is 1. The summed E-state index contributed by atoms with van der Waals surface area (Å²) >= 11 is 2.84. The van der Waals surface area contributed by atoms with E-state index in [-0.39, 0.29) is 16.9 Å². The van der Waals surface area contributed by atoms with E-state index >= 15 is 0 Å². The van der Waals surface area contributed by atoms with E-state index in [4.69, 9.17) is 0 Å². The monoisotopic (exact) mass is 323 g/mol. The minimum absolute atomic E-state index is 0.0353. The number of benzene rings is 1. The molecular weight excluding hydrogens is 309 g/mol. The van der Waals surface area contributed by atoms with Crippen molar-refractivity contribution in [3.05, 3.63) is 35.6 Å². The van der Waals surface area contributed by atoms with E-state index in [2.05, 4.69) is 15.5 Å². The van der Waals surface area contributed by atoms with Gasteiger partial charge in [-0.05, 0) is 44.0 Å². The van der Waals surface area contributed by atoms with Crippen molar-refractivity contribution in [1.29, 1.82) is 0 Å². The van der Waals surface area contributed by atoms with Crippen molar-refractivity contribution in [2.45, 2.75) is 35.4 Å². The number of halogens is 1. The van der Waals surface area contributed by atoms with Crippen LogP contribution in [0.2, 0.25) is 0 Å². The van der Waals surface area contributed by atoms with Crippen molar-refractivity contribution in [2.75, 3.05) is 5.32 Å². The van der Waals surface area contributed by atoms with E-state index in [0.717, 1.165) is 9.47 Å². The highest BCUT2D eigenvalue weighted by Gasteiger charge is 2.23. The zero-order chi connectivity index (χ0) is 14.8. The summed E-state index contributed by atoms with van der Waals surface area (Å²) in [6.45, 7) is 1.83. The van der Waals surface area contributed by atoms with Gasteiger partial charge in [-0.1, -0.05) is 23.1 Å². The van der Waals surface area contributed by atoms with Gasteiger partial charge < -0.3 is 5.32 Å². The van der Waals surface area contributed by atoms with Crippen LogP contribution in [0, 0.1) is 5.82 Å². The Morgan fingerprint density at radius 3 is 2.76 bits per heavy atom. The van der Waals surface area contributed by atoms with E-state index in [1.807, 2.05) is 6.92 Å². The lowest BCUT2D eigenvalue weighted by molar-refractivity contribution is 0.0994. The predicted octanol–water partition coefficient (Wildman–Crippen LogP) is 3.62. The summed E-state index contributed by atoms with van der Waals surface area (Å²) in [5.74, 6) is -0.376. The lowest BCUT2D eigenvalue weighted by atomic mass is 10.1. The molecule has 0 aliphatic heterocycles. The van der Waals surface area contributed by atoms with Gasteiger partial charge in [0.2, 0.25) is 5.13 Å². The minimum Gasteiger partial charge on any atom is -0.357 e. The Balaban J connectivity index is 1.61. The van der Waals surface area contributed by atoms with Crippen molar-refractivity contribution in [1.82, 2.24) is 10.2 Å². The molecule has 1 fully saturated rings. The lowest BCUT2D eigenvalue weighted by Gasteiger charge is -2.07. The van der Waals surface area contributed by atoms with E-state index < -0.39 is 0 Å². The summed E-state index contributed by atoms with van der Waals surface area (Å²) in [6, 6.07) is 6.15. The van der Waals surface area contributed by atoms with Crippen LogP contribution >= 0.6 is 23.1 Å².